The van der Waals surface area contributed by atoms with E-state index < -0.39 is 0 Å². The highest BCUT2D eigenvalue weighted by atomic mass is 15.0. The molecule has 12 heavy (non-hydrogen) atoms. The fourth-order valence-electron chi connectivity index (χ4n) is 2.60. The smallest absolute Gasteiger partial charge is 0.0263 e. The first-order chi connectivity index (χ1) is 5.95. The minimum atomic E-state index is 0.803. The molecule has 0 spiro atoms. The monoisotopic (exact) mass is 162 g/mol. The summed E-state index contributed by atoms with van der Waals surface area (Å²) < 4.78 is 2.45. The Morgan fingerprint density at radius 2 is 2.50 bits per heavy atom. The number of aromatic nitrogens is 1. The number of hydrogen-bond acceptors (Lipinski definition) is 1. The fraction of sp³-hybridized carbons (Fsp3) is 0.600. The van der Waals surface area contributed by atoms with Gasteiger partial charge in [0.2, 0.25) is 0 Å². The first kappa shape index (κ1) is 6.72. The van der Waals surface area contributed by atoms with E-state index in [1.807, 2.05) is 0 Å². The van der Waals surface area contributed by atoms with Crippen LogP contribution in [0.3, 0.4) is 0 Å². The summed E-state index contributed by atoms with van der Waals surface area (Å²) in [5.74, 6) is 0.803. The Bertz CT molecular complexity index is 273. The molecule has 0 saturated heterocycles. The first-order valence-electron chi connectivity index (χ1n) is 4.84. The Morgan fingerprint density at radius 3 is 3.50 bits per heavy atom. The molecule has 1 aromatic heterocycles. The van der Waals surface area contributed by atoms with Crippen LogP contribution in [0.5, 0.6) is 0 Å². The minimum Gasteiger partial charge on any atom is -0.351 e. The second kappa shape index (κ2) is 2.36. The molecule has 1 aromatic rings. The van der Waals surface area contributed by atoms with Crippen LogP contribution in [0.25, 0.3) is 0 Å². The Kier molecular flexibility index (Phi) is 1.32. The minimum absolute atomic E-state index is 0.803. The van der Waals surface area contributed by atoms with Gasteiger partial charge in [0, 0.05) is 37.4 Å². The van der Waals surface area contributed by atoms with Crippen LogP contribution in [0.4, 0.5) is 0 Å². The van der Waals surface area contributed by atoms with E-state index in [0.29, 0.717) is 0 Å². The third-order valence-electron chi connectivity index (χ3n) is 3.14. The van der Waals surface area contributed by atoms with Crippen LogP contribution in [-0.4, -0.2) is 11.1 Å². The van der Waals surface area contributed by atoms with Gasteiger partial charge in [0.25, 0.3) is 0 Å². The lowest BCUT2D eigenvalue weighted by molar-refractivity contribution is 0.410. The van der Waals surface area contributed by atoms with E-state index in [9.17, 15) is 0 Å². The highest BCUT2D eigenvalue weighted by Gasteiger charge is 2.25. The maximum atomic E-state index is 3.48. The summed E-state index contributed by atoms with van der Waals surface area (Å²) in [7, 11) is 0. The molecule has 1 unspecified atom stereocenters. The normalized spacial score (nSPS) is 26.8. The van der Waals surface area contributed by atoms with E-state index in [0.717, 1.165) is 12.5 Å². The zero-order chi connectivity index (χ0) is 7.97. The average molecular weight is 162 g/mol. The quantitative estimate of drug-likeness (QED) is 0.611. The van der Waals surface area contributed by atoms with Crippen molar-refractivity contribution in [1.29, 1.82) is 0 Å². The molecule has 2 aliphatic heterocycles. The van der Waals surface area contributed by atoms with Gasteiger partial charge in [-0.25, -0.2) is 0 Å². The van der Waals surface area contributed by atoms with Crippen LogP contribution in [-0.2, 0) is 13.1 Å². The lowest BCUT2D eigenvalue weighted by atomic mass is 9.91. The van der Waals surface area contributed by atoms with Gasteiger partial charge in [0.15, 0.2) is 0 Å². The summed E-state index contributed by atoms with van der Waals surface area (Å²) in [6.07, 6.45) is 4.99. The van der Waals surface area contributed by atoms with Gasteiger partial charge in [0.05, 0.1) is 0 Å². The third-order valence-corrected chi connectivity index (χ3v) is 3.14. The Balaban J connectivity index is 2.16. The van der Waals surface area contributed by atoms with E-state index in [1.54, 1.807) is 5.69 Å². The molecule has 2 aliphatic rings. The molecule has 0 amide bonds. The van der Waals surface area contributed by atoms with Gasteiger partial charge < -0.3 is 9.88 Å². The molecular formula is C10H14N2. The molecule has 0 fully saturated rings. The predicted octanol–water partition coefficient (Wildman–Crippen LogP) is 1.47. The molecular weight excluding hydrogens is 148 g/mol. The van der Waals surface area contributed by atoms with Gasteiger partial charge in [-0.05, 0) is 24.5 Å². The van der Waals surface area contributed by atoms with E-state index in [4.69, 9.17) is 0 Å². The number of hydrogen-bond donors (Lipinski definition) is 1. The van der Waals surface area contributed by atoms with Crippen LogP contribution in [0.2, 0.25) is 0 Å². The summed E-state index contributed by atoms with van der Waals surface area (Å²) in [6.45, 7) is 3.52. The highest BCUT2D eigenvalue weighted by Crippen LogP contribution is 2.32. The van der Waals surface area contributed by atoms with Gasteiger partial charge in [0.1, 0.15) is 0 Å². The van der Waals surface area contributed by atoms with Crippen LogP contribution < -0.4 is 5.32 Å². The van der Waals surface area contributed by atoms with Crippen LogP contribution in [0, 0.1) is 0 Å². The summed E-state index contributed by atoms with van der Waals surface area (Å²) in [4.78, 5) is 0. The molecule has 0 saturated carbocycles. The molecule has 0 aromatic carbocycles. The molecule has 2 heteroatoms. The van der Waals surface area contributed by atoms with Crippen molar-refractivity contribution >= 4 is 0 Å². The standard InChI is InChI=1S/C10H14N2/c1-2-8-6-11-7-9-3-5-12(4-1)10(8)9/h3,5,8,11H,1-2,4,6-7H2. The lowest BCUT2D eigenvalue weighted by Crippen LogP contribution is -2.31. The first-order valence-corrected chi connectivity index (χ1v) is 4.84. The van der Waals surface area contributed by atoms with Gasteiger partial charge in [-0.3, -0.25) is 0 Å². The van der Waals surface area contributed by atoms with Crippen molar-refractivity contribution in [1.82, 2.24) is 9.88 Å². The van der Waals surface area contributed by atoms with Crippen molar-refractivity contribution in [2.24, 2.45) is 0 Å². The molecule has 0 aliphatic carbocycles. The Hall–Kier alpha value is -0.760. The zero-order valence-electron chi connectivity index (χ0n) is 7.21. The summed E-state index contributed by atoms with van der Waals surface area (Å²) in [5, 5.41) is 3.48. The molecule has 3 rings (SSSR count). The maximum Gasteiger partial charge on any atom is 0.0263 e. The van der Waals surface area contributed by atoms with Crippen LogP contribution in [0.1, 0.15) is 30.0 Å². The van der Waals surface area contributed by atoms with E-state index in [-0.39, 0.29) is 0 Å². The Labute approximate surface area is 72.6 Å². The van der Waals surface area contributed by atoms with Crippen molar-refractivity contribution in [2.75, 3.05) is 6.54 Å². The third kappa shape index (κ3) is 0.787. The number of rotatable bonds is 0. The van der Waals surface area contributed by atoms with Gasteiger partial charge in [-0.2, -0.15) is 0 Å². The lowest BCUT2D eigenvalue weighted by Gasteiger charge is -2.30. The van der Waals surface area contributed by atoms with Gasteiger partial charge in [-0.1, -0.05) is 0 Å². The molecule has 3 heterocycles. The van der Waals surface area contributed by atoms with E-state index in [1.165, 1.54) is 31.5 Å². The van der Waals surface area contributed by atoms with Crippen LogP contribution >= 0.6 is 0 Å². The number of nitrogens with zero attached hydrogens (tertiary/aromatic N) is 1. The molecule has 2 nitrogen and oxygen atoms in total. The highest BCUT2D eigenvalue weighted by molar-refractivity contribution is 5.29. The zero-order valence-corrected chi connectivity index (χ0v) is 7.21. The Morgan fingerprint density at radius 1 is 1.50 bits per heavy atom. The number of nitrogens with one attached hydrogen (secondary N) is 1. The van der Waals surface area contributed by atoms with Gasteiger partial charge in [-0.15, -0.1) is 0 Å². The van der Waals surface area contributed by atoms with Crippen molar-refractivity contribution in [3.05, 3.63) is 23.5 Å². The summed E-state index contributed by atoms with van der Waals surface area (Å²) >= 11 is 0. The largest absolute Gasteiger partial charge is 0.351 e. The molecule has 1 N–H and O–H groups in total. The summed E-state index contributed by atoms with van der Waals surface area (Å²) in [6, 6.07) is 2.28. The fourth-order valence-corrected chi connectivity index (χ4v) is 2.60. The predicted molar refractivity (Wildman–Crippen MR) is 48.1 cm³/mol. The van der Waals surface area contributed by atoms with Crippen molar-refractivity contribution in [3.8, 4) is 0 Å². The van der Waals surface area contributed by atoms with Crippen molar-refractivity contribution < 1.29 is 0 Å². The van der Waals surface area contributed by atoms with Crippen LogP contribution in [0.15, 0.2) is 12.3 Å². The SMILES string of the molecule is c1cn2c3c1CNCC3CCC2. The molecule has 0 bridgehead atoms. The van der Waals surface area contributed by atoms with E-state index >= 15 is 0 Å². The van der Waals surface area contributed by atoms with E-state index in [2.05, 4.69) is 22.1 Å². The molecule has 64 valence electrons. The maximum absolute atomic E-state index is 3.48. The second-order valence-corrected chi connectivity index (χ2v) is 3.89. The van der Waals surface area contributed by atoms with Crippen molar-refractivity contribution in [3.63, 3.8) is 0 Å². The van der Waals surface area contributed by atoms with Gasteiger partial charge >= 0.3 is 0 Å². The average Bonchev–Trinajstić information content (AvgIpc) is 2.52. The second-order valence-electron chi connectivity index (χ2n) is 3.89. The molecule has 0 radical (unpaired) electrons. The van der Waals surface area contributed by atoms with Crippen molar-refractivity contribution in [2.45, 2.75) is 31.8 Å². The number of aryl methyl sites for hydroxylation is 1. The topological polar surface area (TPSA) is 17.0 Å². The molecule has 1 atom stereocenters. The summed E-state index contributed by atoms with van der Waals surface area (Å²) in [5.41, 5.74) is 3.16.